The molecule has 162 valence electrons. The molecule has 4 N–H and O–H groups in total. The van der Waals surface area contributed by atoms with Gasteiger partial charge in [-0.25, -0.2) is 0 Å². The predicted molar refractivity (Wildman–Crippen MR) is 113 cm³/mol. The summed E-state index contributed by atoms with van der Waals surface area (Å²) in [6.07, 6.45) is 8.06. The molecule has 1 aromatic rings. The molecule has 2 heterocycles. The Labute approximate surface area is 177 Å². The molecule has 3 aliphatic rings. The van der Waals surface area contributed by atoms with Crippen molar-refractivity contribution in [1.29, 1.82) is 0 Å². The number of amides is 3. The maximum Gasteiger partial charge on any atom is 0.255 e. The normalized spacial score (nSPS) is 23.0. The minimum absolute atomic E-state index is 0.118. The summed E-state index contributed by atoms with van der Waals surface area (Å²) in [7, 11) is 0. The Morgan fingerprint density at radius 2 is 2.00 bits per heavy atom. The molecule has 4 rings (SSSR count). The van der Waals surface area contributed by atoms with Gasteiger partial charge in [-0.3, -0.25) is 19.7 Å². The van der Waals surface area contributed by atoms with E-state index in [0.29, 0.717) is 30.5 Å². The number of nitrogens with zero attached hydrogens (tertiary/aromatic N) is 1. The largest absolute Gasteiger partial charge is 0.330 e. The second-order valence-electron chi connectivity index (χ2n) is 9.03. The Morgan fingerprint density at radius 1 is 1.20 bits per heavy atom. The third-order valence-corrected chi connectivity index (χ3v) is 7.15. The van der Waals surface area contributed by atoms with E-state index in [-0.39, 0.29) is 24.1 Å². The average molecular weight is 413 g/mol. The van der Waals surface area contributed by atoms with Crippen LogP contribution in [0.5, 0.6) is 0 Å². The predicted octanol–water partition coefficient (Wildman–Crippen LogP) is 1.84. The third-order valence-electron chi connectivity index (χ3n) is 7.15. The summed E-state index contributed by atoms with van der Waals surface area (Å²) in [6, 6.07) is 5.22. The molecule has 7 nitrogen and oxygen atoms in total. The SMILES string of the molecule is NCC1(CCCNCc2cccc3c2CN(C2CCC(=O)NC2=O)C3=O)CCCC1. The van der Waals surface area contributed by atoms with E-state index in [1.165, 1.54) is 32.1 Å². The van der Waals surface area contributed by atoms with Gasteiger partial charge in [0.25, 0.3) is 5.91 Å². The second kappa shape index (κ2) is 8.86. The fourth-order valence-corrected chi connectivity index (χ4v) is 5.31. The molecule has 1 aromatic carbocycles. The summed E-state index contributed by atoms with van der Waals surface area (Å²) in [5.41, 5.74) is 9.16. The molecule has 3 amide bonds. The Morgan fingerprint density at radius 3 is 2.73 bits per heavy atom. The molecule has 0 aromatic heterocycles. The quantitative estimate of drug-likeness (QED) is 0.446. The first-order valence-electron chi connectivity index (χ1n) is 11.2. The lowest BCUT2D eigenvalue weighted by Crippen LogP contribution is -2.52. The van der Waals surface area contributed by atoms with Crippen LogP contribution in [0.4, 0.5) is 0 Å². The molecular weight excluding hydrogens is 380 g/mol. The molecule has 0 bridgehead atoms. The van der Waals surface area contributed by atoms with E-state index >= 15 is 0 Å². The van der Waals surface area contributed by atoms with Crippen molar-refractivity contribution < 1.29 is 14.4 Å². The highest BCUT2D eigenvalue weighted by molar-refractivity contribution is 6.05. The molecule has 2 fully saturated rings. The number of piperidine rings is 1. The van der Waals surface area contributed by atoms with Crippen LogP contribution in [0.3, 0.4) is 0 Å². The molecule has 1 aliphatic carbocycles. The van der Waals surface area contributed by atoms with E-state index < -0.39 is 6.04 Å². The first-order valence-corrected chi connectivity index (χ1v) is 11.2. The molecule has 1 unspecified atom stereocenters. The highest BCUT2D eigenvalue weighted by Crippen LogP contribution is 2.40. The number of hydrogen-bond acceptors (Lipinski definition) is 5. The number of fused-ring (bicyclic) bond motifs is 1. The standard InChI is InChI=1S/C23H32N4O3/c24-15-23(9-1-2-10-23)11-4-12-25-13-16-5-3-6-17-18(16)14-27(22(17)30)19-7-8-20(28)26-21(19)29/h3,5-6,19,25H,1-2,4,7-15,24H2,(H,26,28,29). The summed E-state index contributed by atoms with van der Waals surface area (Å²) < 4.78 is 0. The monoisotopic (exact) mass is 412 g/mol. The van der Waals surface area contributed by atoms with Crippen LogP contribution in [-0.2, 0) is 22.7 Å². The summed E-state index contributed by atoms with van der Waals surface area (Å²) >= 11 is 0. The van der Waals surface area contributed by atoms with Crippen LogP contribution in [0.2, 0.25) is 0 Å². The van der Waals surface area contributed by atoms with Crippen LogP contribution in [0.25, 0.3) is 0 Å². The zero-order valence-electron chi connectivity index (χ0n) is 17.5. The van der Waals surface area contributed by atoms with Gasteiger partial charge in [0.1, 0.15) is 6.04 Å². The first-order chi connectivity index (χ1) is 14.5. The summed E-state index contributed by atoms with van der Waals surface area (Å²) in [4.78, 5) is 38.2. The van der Waals surface area contributed by atoms with Crippen LogP contribution in [-0.4, -0.2) is 41.8 Å². The van der Waals surface area contributed by atoms with Crippen molar-refractivity contribution in [3.63, 3.8) is 0 Å². The van der Waals surface area contributed by atoms with Crippen molar-refractivity contribution in [2.45, 2.75) is 70.5 Å². The third kappa shape index (κ3) is 4.14. The van der Waals surface area contributed by atoms with Crippen LogP contribution >= 0.6 is 0 Å². The van der Waals surface area contributed by atoms with E-state index in [0.717, 1.165) is 30.6 Å². The van der Waals surface area contributed by atoms with Crippen molar-refractivity contribution in [1.82, 2.24) is 15.5 Å². The molecule has 0 spiro atoms. The average Bonchev–Trinajstić information content (AvgIpc) is 3.34. The number of nitrogens with two attached hydrogens (primary N) is 1. The minimum Gasteiger partial charge on any atom is -0.330 e. The number of hydrogen-bond donors (Lipinski definition) is 3. The van der Waals surface area contributed by atoms with E-state index in [4.69, 9.17) is 5.73 Å². The number of carbonyl (C=O) groups excluding carboxylic acids is 3. The summed E-state index contributed by atoms with van der Waals surface area (Å²) in [6.45, 7) is 2.84. The second-order valence-corrected chi connectivity index (χ2v) is 9.03. The summed E-state index contributed by atoms with van der Waals surface area (Å²) in [5.74, 6) is -0.750. The van der Waals surface area contributed by atoms with Crippen molar-refractivity contribution in [2.75, 3.05) is 13.1 Å². The van der Waals surface area contributed by atoms with Crippen LogP contribution < -0.4 is 16.4 Å². The zero-order valence-corrected chi connectivity index (χ0v) is 17.5. The minimum atomic E-state index is -0.567. The lowest BCUT2D eigenvalue weighted by Gasteiger charge is -2.29. The zero-order chi connectivity index (χ0) is 21.1. The van der Waals surface area contributed by atoms with Gasteiger partial charge in [0.2, 0.25) is 11.8 Å². The molecule has 0 radical (unpaired) electrons. The number of rotatable bonds is 8. The highest BCUT2D eigenvalue weighted by atomic mass is 16.2. The lowest BCUT2D eigenvalue weighted by atomic mass is 9.82. The Balaban J connectivity index is 1.33. The van der Waals surface area contributed by atoms with Gasteiger partial charge in [-0.15, -0.1) is 0 Å². The van der Waals surface area contributed by atoms with Crippen LogP contribution in [0.1, 0.15) is 72.9 Å². The molecule has 1 saturated carbocycles. The maximum absolute atomic E-state index is 12.9. The van der Waals surface area contributed by atoms with Gasteiger partial charge in [0.15, 0.2) is 0 Å². The van der Waals surface area contributed by atoms with Gasteiger partial charge >= 0.3 is 0 Å². The first kappa shape index (κ1) is 21.0. The Hall–Kier alpha value is -2.25. The molecule has 30 heavy (non-hydrogen) atoms. The fourth-order valence-electron chi connectivity index (χ4n) is 5.31. The Kier molecular flexibility index (Phi) is 6.20. The summed E-state index contributed by atoms with van der Waals surface area (Å²) in [5, 5.41) is 5.88. The highest BCUT2D eigenvalue weighted by Gasteiger charge is 2.39. The van der Waals surface area contributed by atoms with Gasteiger partial charge in [-0.2, -0.15) is 0 Å². The van der Waals surface area contributed by atoms with Gasteiger partial charge in [-0.1, -0.05) is 25.0 Å². The van der Waals surface area contributed by atoms with E-state index in [2.05, 4.69) is 10.6 Å². The molecular formula is C23H32N4O3. The van der Waals surface area contributed by atoms with E-state index in [1.807, 2.05) is 18.2 Å². The van der Waals surface area contributed by atoms with E-state index in [9.17, 15) is 14.4 Å². The van der Waals surface area contributed by atoms with Gasteiger partial charge < -0.3 is 16.0 Å². The van der Waals surface area contributed by atoms with Crippen molar-refractivity contribution in [3.8, 4) is 0 Å². The van der Waals surface area contributed by atoms with Gasteiger partial charge in [0.05, 0.1) is 0 Å². The topological polar surface area (TPSA) is 105 Å². The molecule has 2 aliphatic heterocycles. The van der Waals surface area contributed by atoms with Gasteiger partial charge in [-0.05, 0) is 67.8 Å². The molecule has 1 atom stereocenters. The van der Waals surface area contributed by atoms with Crippen molar-refractivity contribution >= 4 is 17.7 Å². The van der Waals surface area contributed by atoms with E-state index in [1.54, 1.807) is 4.90 Å². The van der Waals surface area contributed by atoms with Crippen molar-refractivity contribution in [2.24, 2.45) is 11.1 Å². The maximum atomic E-state index is 12.9. The number of carbonyl (C=O) groups is 3. The molecule has 1 saturated heterocycles. The number of imide groups is 1. The lowest BCUT2D eigenvalue weighted by molar-refractivity contribution is -0.136. The fraction of sp³-hybridized carbons (Fsp3) is 0.609. The van der Waals surface area contributed by atoms with Crippen LogP contribution in [0.15, 0.2) is 18.2 Å². The van der Waals surface area contributed by atoms with Crippen molar-refractivity contribution in [3.05, 3.63) is 34.9 Å². The van der Waals surface area contributed by atoms with Crippen LogP contribution in [0, 0.1) is 5.41 Å². The molecule has 7 heteroatoms. The number of benzene rings is 1. The van der Waals surface area contributed by atoms with Gasteiger partial charge in [0, 0.05) is 25.1 Å². The number of nitrogens with one attached hydrogen (secondary N) is 2. The Bertz CT molecular complexity index is 832. The smallest absolute Gasteiger partial charge is 0.255 e.